The standard InChI is InChI=1S/C56H37N5/c1-56(35-57)34-45-44-33-39(60-46-26-14-11-23-40(46)41-30-32-50-51(53(41)60)42-24-12-15-27-47(42)58(50)36-17-5-2-6-18-36)29-31-49(44)59(37-19-7-3-8-20-37)54(45)52-43-25-13-16-28-48(43)61(55(52)56)38-21-9-4-10-22-38/h2-33H,34H2,1H3. The molecule has 4 heterocycles. The molecular weight excluding hydrogens is 743 g/mol. The number of nitriles is 1. The summed E-state index contributed by atoms with van der Waals surface area (Å²) < 4.78 is 9.67. The van der Waals surface area contributed by atoms with Crippen LogP contribution in [-0.2, 0) is 11.8 Å². The van der Waals surface area contributed by atoms with Crippen molar-refractivity contribution < 1.29 is 0 Å². The Hall–Kier alpha value is -8.07. The predicted molar refractivity (Wildman–Crippen MR) is 251 cm³/mol. The van der Waals surface area contributed by atoms with Crippen LogP contribution in [0.4, 0.5) is 0 Å². The number of benzene rings is 8. The van der Waals surface area contributed by atoms with Gasteiger partial charge in [-0.3, -0.25) is 0 Å². The summed E-state index contributed by atoms with van der Waals surface area (Å²) in [6.07, 6.45) is 0.566. The summed E-state index contributed by atoms with van der Waals surface area (Å²) in [5, 5.41) is 18.5. The topological polar surface area (TPSA) is 43.5 Å². The zero-order valence-electron chi connectivity index (χ0n) is 33.4. The second-order valence-corrected chi connectivity index (χ2v) is 16.6. The van der Waals surface area contributed by atoms with Crippen LogP contribution in [0.5, 0.6) is 0 Å². The lowest BCUT2D eigenvalue weighted by Gasteiger charge is -2.31. The Bertz CT molecular complexity index is 3800. The molecule has 0 aliphatic heterocycles. The summed E-state index contributed by atoms with van der Waals surface area (Å²) in [4.78, 5) is 0. The van der Waals surface area contributed by atoms with E-state index in [0.717, 1.165) is 67.0 Å². The van der Waals surface area contributed by atoms with Crippen molar-refractivity contribution in [2.24, 2.45) is 0 Å². The highest BCUT2D eigenvalue weighted by atomic mass is 15.1. The average molecular weight is 780 g/mol. The molecule has 286 valence electrons. The third-order valence-electron chi connectivity index (χ3n) is 13.2. The second kappa shape index (κ2) is 12.5. The molecular formula is C56H37N5. The van der Waals surface area contributed by atoms with Crippen molar-refractivity contribution in [1.29, 1.82) is 5.26 Å². The van der Waals surface area contributed by atoms with E-state index in [1.165, 1.54) is 43.7 Å². The maximum absolute atomic E-state index is 11.4. The van der Waals surface area contributed by atoms with Gasteiger partial charge >= 0.3 is 0 Å². The Morgan fingerprint density at radius 3 is 1.59 bits per heavy atom. The lowest BCUT2D eigenvalue weighted by Crippen LogP contribution is -2.30. The van der Waals surface area contributed by atoms with E-state index >= 15 is 0 Å². The van der Waals surface area contributed by atoms with Gasteiger partial charge < -0.3 is 18.3 Å². The van der Waals surface area contributed by atoms with E-state index in [0.29, 0.717) is 6.42 Å². The van der Waals surface area contributed by atoms with E-state index < -0.39 is 5.41 Å². The summed E-state index contributed by atoms with van der Waals surface area (Å²) in [5.74, 6) is 0. The Kier molecular flexibility index (Phi) is 6.92. The van der Waals surface area contributed by atoms with Crippen LogP contribution in [0.2, 0.25) is 0 Å². The van der Waals surface area contributed by atoms with Crippen LogP contribution in [0.3, 0.4) is 0 Å². The third-order valence-corrected chi connectivity index (χ3v) is 13.2. The van der Waals surface area contributed by atoms with Gasteiger partial charge in [-0.1, -0.05) is 115 Å². The van der Waals surface area contributed by atoms with Gasteiger partial charge in [0.1, 0.15) is 0 Å². The molecule has 0 radical (unpaired) electrons. The molecule has 4 aromatic heterocycles. The fourth-order valence-electron chi connectivity index (χ4n) is 10.8. The van der Waals surface area contributed by atoms with Crippen molar-refractivity contribution in [2.75, 3.05) is 0 Å². The number of fused-ring (bicyclic) bond motifs is 14. The highest BCUT2D eigenvalue weighted by molar-refractivity contribution is 6.26. The van der Waals surface area contributed by atoms with Crippen molar-refractivity contribution in [3.63, 3.8) is 0 Å². The van der Waals surface area contributed by atoms with E-state index in [2.05, 4.69) is 225 Å². The Morgan fingerprint density at radius 1 is 0.426 bits per heavy atom. The summed E-state index contributed by atoms with van der Waals surface area (Å²) in [5.41, 5.74) is 15.0. The molecule has 0 N–H and O–H groups in total. The predicted octanol–water partition coefficient (Wildman–Crippen LogP) is 13.8. The highest BCUT2D eigenvalue weighted by Crippen LogP contribution is 2.53. The molecule has 1 unspecified atom stereocenters. The lowest BCUT2D eigenvalue weighted by molar-refractivity contribution is 0.571. The molecule has 0 saturated heterocycles. The van der Waals surface area contributed by atoms with Gasteiger partial charge in [-0.15, -0.1) is 0 Å². The monoisotopic (exact) mass is 779 g/mol. The minimum atomic E-state index is -0.818. The Balaban J connectivity index is 1.17. The van der Waals surface area contributed by atoms with Crippen LogP contribution >= 0.6 is 0 Å². The number of para-hydroxylation sites is 6. The molecule has 12 aromatic rings. The Labute approximate surface area is 351 Å². The first-order valence-electron chi connectivity index (χ1n) is 21.0. The van der Waals surface area contributed by atoms with Crippen molar-refractivity contribution in [2.45, 2.75) is 18.8 Å². The average Bonchev–Trinajstić information content (AvgIpc) is 4.05. The first kappa shape index (κ1) is 33.9. The van der Waals surface area contributed by atoms with Gasteiger partial charge in [0.2, 0.25) is 0 Å². The summed E-state index contributed by atoms with van der Waals surface area (Å²) in [6.45, 7) is 2.13. The minimum absolute atomic E-state index is 0.566. The molecule has 13 rings (SSSR count). The van der Waals surface area contributed by atoms with Gasteiger partial charge in [0.15, 0.2) is 0 Å². The summed E-state index contributed by atoms with van der Waals surface area (Å²) in [6, 6.07) is 72.7. The largest absolute Gasteiger partial charge is 0.311 e. The van der Waals surface area contributed by atoms with Crippen molar-refractivity contribution in [3.8, 4) is 40.1 Å². The number of aromatic nitrogens is 4. The van der Waals surface area contributed by atoms with Gasteiger partial charge in [-0.2, -0.15) is 5.26 Å². The van der Waals surface area contributed by atoms with E-state index in [-0.39, 0.29) is 0 Å². The second-order valence-electron chi connectivity index (χ2n) is 16.6. The molecule has 0 fully saturated rings. The number of hydrogen-bond acceptors (Lipinski definition) is 1. The molecule has 0 saturated carbocycles. The normalized spacial score (nSPS) is 15.0. The van der Waals surface area contributed by atoms with Crippen LogP contribution in [0.1, 0.15) is 18.2 Å². The van der Waals surface area contributed by atoms with Crippen molar-refractivity contribution in [3.05, 3.63) is 205 Å². The van der Waals surface area contributed by atoms with Crippen molar-refractivity contribution >= 4 is 65.4 Å². The van der Waals surface area contributed by atoms with Crippen molar-refractivity contribution in [1.82, 2.24) is 18.3 Å². The smallest absolute Gasteiger partial charge is 0.0997 e. The van der Waals surface area contributed by atoms with Gasteiger partial charge in [0, 0.05) is 60.6 Å². The first-order valence-corrected chi connectivity index (χ1v) is 21.0. The third kappa shape index (κ3) is 4.54. The fourth-order valence-corrected chi connectivity index (χ4v) is 10.8. The quantitative estimate of drug-likeness (QED) is 0.175. The molecule has 5 heteroatoms. The van der Waals surface area contributed by atoms with E-state index in [9.17, 15) is 5.26 Å². The molecule has 1 aliphatic rings. The van der Waals surface area contributed by atoms with E-state index in [4.69, 9.17) is 0 Å². The van der Waals surface area contributed by atoms with Gasteiger partial charge in [0.25, 0.3) is 0 Å². The zero-order valence-corrected chi connectivity index (χ0v) is 33.4. The molecule has 61 heavy (non-hydrogen) atoms. The van der Waals surface area contributed by atoms with Gasteiger partial charge in [-0.05, 0) is 97.8 Å². The molecule has 1 aliphatic carbocycles. The molecule has 0 amide bonds. The molecule has 0 spiro atoms. The molecule has 5 nitrogen and oxygen atoms in total. The van der Waals surface area contributed by atoms with Crippen LogP contribution in [0.15, 0.2) is 194 Å². The number of hydrogen-bond donors (Lipinski definition) is 0. The zero-order chi connectivity index (χ0) is 40.4. The van der Waals surface area contributed by atoms with Crippen LogP contribution in [0, 0.1) is 11.3 Å². The number of rotatable bonds is 4. The summed E-state index contributed by atoms with van der Waals surface area (Å²) in [7, 11) is 0. The molecule has 0 bridgehead atoms. The van der Waals surface area contributed by atoms with Crippen LogP contribution in [-0.4, -0.2) is 18.3 Å². The van der Waals surface area contributed by atoms with Crippen LogP contribution < -0.4 is 0 Å². The maximum Gasteiger partial charge on any atom is 0.0997 e. The maximum atomic E-state index is 11.4. The highest BCUT2D eigenvalue weighted by Gasteiger charge is 2.43. The Morgan fingerprint density at radius 2 is 0.934 bits per heavy atom. The molecule has 1 atom stereocenters. The first-order chi connectivity index (χ1) is 30.1. The molecule has 8 aromatic carbocycles. The summed E-state index contributed by atoms with van der Waals surface area (Å²) >= 11 is 0. The minimum Gasteiger partial charge on any atom is -0.311 e. The van der Waals surface area contributed by atoms with E-state index in [1.54, 1.807) is 0 Å². The van der Waals surface area contributed by atoms with E-state index in [1.807, 2.05) is 0 Å². The fraction of sp³-hybridized carbons (Fsp3) is 0.0536. The SMILES string of the molecule is CC1(C#N)Cc2c(n(-c3ccccc3)c3ccc(-n4c5ccccc5c5ccc6c(c7ccccc7n6-c6ccccc6)c54)cc23)-c2c1n(-c1ccccc1)c1ccccc21. The van der Waals surface area contributed by atoms with Crippen LogP contribution in [0.25, 0.3) is 99.4 Å². The lowest BCUT2D eigenvalue weighted by atomic mass is 9.74. The van der Waals surface area contributed by atoms with Gasteiger partial charge in [0.05, 0.1) is 56.0 Å². The van der Waals surface area contributed by atoms with Gasteiger partial charge in [-0.25, -0.2) is 0 Å². The number of nitrogens with zero attached hydrogens (tertiary/aromatic N) is 5.